The number of carbonyl (C=O) groups is 1. The Morgan fingerprint density at radius 3 is 2.40 bits per heavy atom. The fourth-order valence-electron chi connectivity index (χ4n) is 4.97. The van der Waals surface area contributed by atoms with E-state index in [2.05, 4.69) is 4.98 Å². The highest BCUT2D eigenvalue weighted by atomic mass is 35.5. The number of aromatic nitrogens is 1. The van der Waals surface area contributed by atoms with Gasteiger partial charge in [0, 0.05) is 37.9 Å². The first-order chi connectivity index (χ1) is 19.4. The van der Waals surface area contributed by atoms with Crippen molar-refractivity contribution < 1.29 is 14.1 Å². The lowest BCUT2D eigenvalue weighted by atomic mass is 10.1. The summed E-state index contributed by atoms with van der Waals surface area (Å²) >= 11 is 12.6. The van der Waals surface area contributed by atoms with Crippen molar-refractivity contribution in [2.45, 2.75) is 13.0 Å². The molecule has 1 aliphatic rings. The lowest BCUT2D eigenvalue weighted by Gasteiger charge is -2.39. The third-order valence-corrected chi connectivity index (χ3v) is 10.4. The lowest BCUT2D eigenvalue weighted by Crippen LogP contribution is -2.36. The number of ether oxygens (including phenoxy) is 1. The highest BCUT2D eigenvalue weighted by Crippen LogP contribution is 2.57. The third-order valence-electron chi connectivity index (χ3n) is 6.78. The van der Waals surface area contributed by atoms with Gasteiger partial charge in [-0.05, 0) is 71.8 Å². The summed E-state index contributed by atoms with van der Waals surface area (Å²) in [5, 5.41) is 3.09. The van der Waals surface area contributed by atoms with Crippen LogP contribution in [0.25, 0.3) is 17.0 Å². The van der Waals surface area contributed by atoms with E-state index in [0.29, 0.717) is 43.1 Å². The molecule has 0 amide bonds. The van der Waals surface area contributed by atoms with Crippen LogP contribution < -0.4 is 15.3 Å². The minimum absolute atomic E-state index is 0.112. The predicted molar refractivity (Wildman–Crippen MR) is 163 cm³/mol. The highest BCUT2D eigenvalue weighted by molar-refractivity contribution is 7.80. The van der Waals surface area contributed by atoms with Crippen molar-refractivity contribution in [3.63, 3.8) is 0 Å². The van der Waals surface area contributed by atoms with E-state index in [9.17, 15) is 4.79 Å². The summed E-state index contributed by atoms with van der Waals surface area (Å²) in [5.74, 6) is -0.443. The fourth-order valence-corrected chi connectivity index (χ4v) is 8.27. The molecule has 0 N–H and O–H groups in total. The number of benzene rings is 4. The summed E-state index contributed by atoms with van der Waals surface area (Å²) in [7, 11) is -3.62. The SMILES string of the molecule is O=C(CC1=Cc2cc(Cl)ccc2P(=O)(c2ccc(Cl)cc2)N1c1cccc2cccnc12)OCc1ccccc1. The number of fused-ring (bicyclic) bond motifs is 2. The largest absolute Gasteiger partial charge is 0.461 e. The van der Waals surface area contributed by atoms with Crippen LogP contribution in [-0.4, -0.2) is 11.0 Å². The van der Waals surface area contributed by atoms with Gasteiger partial charge in [0.25, 0.3) is 0 Å². The maximum absolute atomic E-state index is 15.6. The fraction of sp³-hybridized carbons (Fsp3) is 0.0625. The van der Waals surface area contributed by atoms with Gasteiger partial charge in [0.05, 0.1) is 17.6 Å². The topological polar surface area (TPSA) is 59.5 Å². The number of hydrogen-bond acceptors (Lipinski definition) is 4. The number of pyridine rings is 1. The number of nitrogens with zero attached hydrogens (tertiary/aromatic N) is 2. The van der Waals surface area contributed by atoms with Gasteiger partial charge in [-0.3, -0.25) is 19.0 Å². The quantitative estimate of drug-likeness (QED) is 0.151. The van der Waals surface area contributed by atoms with Gasteiger partial charge in [0.15, 0.2) is 0 Å². The van der Waals surface area contributed by atoms with Crippen molar-refractivity contribution in [3.05, 3.63) is 136 Å². The average molecular weight is 585 g/mol. The smallest absolute Gasteiger partial charge is 0.312 e. The van der Waals surface area contributed by atoms with Crippen LogP contribution in [0.1, 0.15) is 17.5 Å². The Kier molecular flexibility index (Phi) is 7.20. The Morgan fingerprint density at radius 1 is 0.850 bits per heavy atom. The zero-order valence-corrected chi connectivity index (χ0v) is 23.6. The second-order valence-electron chi connectivity index (χ2n) is 9.38. The zero-order chi connectivity index (χ0) is 27.7. The Hall–Kier alpha value is -3.89. The van der Waals surface area contributed by atoms with E-state index in [-0.39, 0.29) is 13.0 Å². The molecule has 1 atom stereocenters. The van der Waals surface area contributed by atoms with Crippen LogP contribution in [0.15, 0.2) is 115 Å². The summed E-state index contributed by atoms with van der Waals surface area (Å²) in [6, 6.07) is 31.3. The number of para-hydroxylation sites is 1. The monoisotopic (exact) mass is 584 g/mol. The molecule has 8 heteroatoms. The van der Waals surface area contributed by atoms with Gasteiger partial charge >= 0.3 is 5.97 Å². The van der Waals surface area contributed by atoms with Crippen molar-refractivity contribution in [3.8, 4) is 0 Å². The molecule has 1 aromatic heterocycles. The van der Waals surface area contributed by atoms with E-state index in [0.717, 1.165) is 10.9 Å². The van der Waals surface area contributed by atoms with Crippen LogP contribution in [0.5, 0.6) is 0 Å². The molecule has 0 radical (unpaired) electrons. The Morgan fingerprint density at radius 2 is 1.60 bits per heavy atom. The van der Waals surface area contributed by atoms with E-state index in [1.54, 1.807) is 53.3 Å². The van der Waals surface area contributed by atoms with Crippen molar-refractivity contribution in [2.75, 3.05) is 4.67 Å². The predicted octanol–water partition coefficient (Wildman–Crippen LogP) is 7.77. The second-order valence-corrected chi connectivity index (χ2v) is 12.8. The number of carbonyl (C=O) groups excluding carboxylic acids is 1. The Bertz CT molecular complexity index is 1800. The molecule has 4 aromatic carbocycles. The van der Waals surface area contributed by atoms with Crippen molar-refractivity contribution >= 4 is 69.7 Å². The molecule has 0 saturated carbocycles. The van der Waals surface area contributed by atoms with E-state index in [4.69, 9.17) is 27.9 Å². The van der Waals surface area contributed by atoms with Crippen molar-refractivity contribution in [1.29, 1.82) is 0 Å². The molecule has 1 aliphatic heterocycles. The first-order valence-electron chi connectivity index (χ1n) is 12.6. The highest BCUT2D eigenvalue weighted by Gasteiger charge is 2.43. The molecule has 0 bridgehead atoms. The molecule has 0 saturated heterocycles. The number of anilines is 1. The van der Waals surface area contributed by atoms with Gasteiger partial charge in [-0.1, -0.05) is 71.7 Å². The molecule has 5 aromatic rings. The Labute approximate surface area is 242 Å². The average Bonchev–Trinajstić information content (AvgIpc) is 2.97. The molecular formula is C32H23Cl2N2O3P. The maximum atomic E-state index is 15.6. The lowest BCUT2D eigenvalue weighted by molar-refractivity contribution is -0.144. The number of esters is 1. The van der Waals surface area contributed by atoms with Crippen LogP contribution in [-0.2, 0) is 20.7 Å². The summed E-state index contributed by atoms with van der Waals surface area (Å²) < 4.78 is 23.1. The molecule has 40 heavy (non-hydrogen) atoms. The van der Waals surface area contributed by atoms with Crippen molar-refractivity contribution in [2.24, 2.45) is 0 Å². The molecule has 198 valence electrons. The molecular weight excluding hydrogens is 562 g/mol. The van der Waals surface area contributed by atoms with Crippen LogP contribution in [0.4, 0.5) is 5.69 Å². The minimum Gasteiger partial charge on any atom is -0.461 e. The van der Waals surface area contributed by atoms with Crippen LogP contribution >= 0.6 is 30.5 Å². The van der Waals surface area contributed by atoms with E-state index >= 15 is 4.57 Å². The van der Waals surface area contributed by atoms with Crippen molar-refractivity contribution in [1.82, 2.24) is 4.98 Å². The van der Waals surface area contributed by atoms with Crippen LogP contribution in [0.3, 0.4) is 0 Å². The summed E-state index contributed by atoms with van der Waals surface area (Å²) in [6.45, 7) is 0.139. The molecule has 0 aliphatic carbocycles. The van der Waals surface area contributed by atoms with Crippen LogP contribution in [0, 0.1) is 0 Å². The zero-order valence-electron chi connectivity index (χ0n) is 21.2. The van der Waals surface area contributed by atoms with Gasteiger partial charge < -0.3 is 4.74 Å². The van der Waals surface area contributed by atoms with E-state index < -0.39 is 13.3 Å². The minimum atomic E-state index is -3.62. The molecule has 1 unspecified atom stereocenters. The first-order valence-corrected chi connectivity index (χ1v) is 15.1. The molecule has 2 heterocycles. The molecule has 5 nitrogen and oxygen atoms in total. The van der Waals surface area contributed by atoms with Gasteiger partial charge in [0.2, 0.25) is 7.29 Å². The third kappa shape index (κ3) is 4.93. The Balaban J connectivity index is 1.53. The molecule has 0 spiro atoms. The standard InChI is InChI=1S/C32H23Cl2N2O3P/c33-25-11-14-28(15-12-25)40(38)30-16-13-26(34)18-24(30)19-27(20-31(37)39-21-22-6-2-1-3-7-22)36(40)29-10-4-8-23-9-5-17-35-32(23)29/h1-19H,20-21H2. The van der Waals surface area contributed by atoms with E-state index in [1.807, 2.05) is 66.7 Å². The van der Waals surface area contributed by atoms with Gasteiger partial charge in [-0.2, -0.15) is 0 Å². The second kappa shape index (κ2) is 10.9. The number of rotatable bonds is 6. The number of hydrogen-bond donors (Lipinski definition) is 0. The van der Waals surface area contributed by atoms with Gasteiger partial charge in [-0.25, -0.2) is 0 Å². The summed E-state index contributed by atoms with van der Waals surface area (Å²) in [6.07, 6.45) is 3.45. The normalized spacial score (nSPS) is 16.4. The van der Waals surface area contributed by atoms with Crippen LogP contribution in [0.2, 0.25) is 10.0 Å². The number of halogens is 2. The molecule has 6 rings (SSSR count). The summed E-state index contributed by atoms with van der Waals surface area (Å²) in [4.78, 5) is 17.9. The van der Waals surface area contributed by atoms with Gasteiger partial charge in [0.1, 0.15) is 6.61 Å². The summed E-state index contributed by atoms with van der Waals surface area (Å²) in [5.41, 5.74) is 3.37. The van der Waals surface area contributed by atoms with Gasteiger partial charge in [-0.15, -0.1) is 0 Å². The molecule has 0 fully saturated rings. The first kappa shape index (κ1) is 26.3. The maximum Gasteiger partial charge on any atom is 0.312 e. The van der Waals surface area contributed by atoms with E-state index in [1.165, 1.54) is 0 Å².